The number of ether oxygens (including phenoxy) is 1. The van der Waals surface area contributed by atoms with E-state index in [1.165, 1.54) is 6.07 Å². The molecule has 1 aromatic rings. The lowest BCUT2D eigenvalue weighted by Crippen LogP contribution is -2.33. The molecule has 1 fully saturated rings. The Labute approximate surface area is 110 Å². The van der Waals surface area contributed by atoms with Crippen molar-refractivity contribution in [1.82, 2.24) is 0 Å². The minimum absolute atomic E-state index is 0.0405. The van der Waals surface area contributed by atoms with Gasteiger partial charge in [0.1, 0.15) is 0 Å². The normalized spacial score (nSPS) is 24.1. The molecule has 0 radical (unpaired) electrons. The summed E-state index contributed by atoms with van der Waals surface area (Å²) in [4.78, 5) is 0. The van der Waals surface area contributed by atoms with E-state index in [1.54, 1.807) is 0 Å². The highest BCUT2D eigenvalue weighted by atomic mass is 19.2. The molecule has 106 valence electrons. The SMILES string of the molecule is CCOC1CC(CC(N)c2ccc(F)c(F)c2F)C1. The van der Waals surface area contributed by atoms with E-state index in [0.717, 1.165) is 18.9 Å². The maximum absolute atomic E-state index is 13.6. The fourth-order valence-electron chi connectivity index (χ4n) is 2.55. The number of rotatable bonds is 5. The molecule has 0 aromatic heterocycles. The second-order valence-electron chi connectivity index (χ2n) is 5.02. The molecule has 2 N–H and O–H groups in total. The summed E-state index contributed by atoms with van der Waals surface area (Å²) in [5.41, 5.74) is 5.92. The van der Waals surface area contributed by atoms with Gasteiger partial charge in [0, 0.05) is 18.2 Å². The summed E-state index contributed by atoms with van der Waals surface area (Å²) in [6, 6.07) is 1.52. The monoisotopic (exact) mass is 273 g/mol. The van der Waals surface area contributed by atoms with Gasteiger partial charge in [-0.15, -0.1) is 0 Å². The first-order valence-electron chi connectivity index (χ1n) is 6.53. The van der Waals surface area contributed by atoms with Crippen LogP contribution in [-0.4, -0.2) is 12.7 Å². The van der Waals surface area contributed by atoms with Crippen LogP contribution in [0.1, 0.15) is 37.8 Å². The van der Waals surface area contributed by atoms with E-state index >= 15 is 0 Å². The molecule has 0 spiro atoms. The lowest BCUT2D eigenvalue weighted by Gasteiger charge is -2.36. The Kier molecular flexibility index (Phi) is 4.47. The zero-order valence-electron chi connectivity index (χ0n) is 10.8. The maximum atomic E-state index is 13.6. The van der Waals surface area contributed by atoms with Crippen LogP contribution in [0.3, 0.4) is 0 Å². The molecule has 0 bridgehead atoms. The van der Waals surface area contributed by atoms with Crippen LogP contribution in [0.5, 0.6) is 0 Å². The van der Waals surface area contributed by atoms with Gasteiger partial charge in [-0.3, -0.25) is 0 Å². The lowest BCUT2D eigenvalue weighted by atomic mass is 9.77. The van der Waals surface area contributed by atoms with Crippen molar-refractivity contribution in [1.29, 1.82) is 0 Å². The predicted octanol–water partition coefficient (Wildman–Crippen LogP) is 3.31. The molecule has 0 amide bonds. The van der Waals surface area contributed by atoms with Crippen molar-refractivity contribution in [2.45, 2.75) is 38.3 Å². The molecule has 1 aromatic carbocycles. The van der Waals surface area contributed by atoms with E-state index in [4.69, 9.17) is 10.5 Å². The van der Waals surface area contributed by atoms with Crippen molar-refractivity contribution in [3.63, 3.8) is 0 Å². The summed E-state index contributed by atoms with van der Waals surface area (Å²) in [5.74, 6) is -3.45. The van der Waals surface area contributed by atoms with E-state index in [1.807, 2.05) is 6.92 Å². The van der Waals surface area contributed by atoms with Crippen LogP contribution in [0, 0.1) is 23.4 Å². The fourth-order valence-corrected chi connectivity index (χ4v) is 2.55. The van der Waals surface area contributed by atoms with Crippen LogP contribution in [0.15, 0.2) is 12.1 Å². The van der Waals surface area contributed by atoms with Crippen LogP contribution >= 0.6 is 0 Å². The van der Waals surface area contributed by atoms with E-state index in [0.29, 0.717) is 18.9 Å². The molecule has 2 rings (SSSR count). The van der Waals surface area contributed by atoms with Gasteiger partial charge in [0.2, 0.25) is 0 Å². The van der Waals surface area contributed by atoms with Crippen LogP contribution in [0.25, 0.3) is 0 Å². The van der Waals surface area contributed by atoms with E-state index in [2.05, 4.69) is 0 Å². The Morgan fingerprint density at radius 3 is 2.58 bits per heavy atom. The Balaban J connectivity index is 1.94. The smallest absolute Gasteiger partial charge is 0.194 e. The first-order valence-corrected chi connectivity index (χ1v) is 6.53. The molecular weight excluding hydrogens is 255 g/mol. The highest BCUT2D eigenvalue weighted by molar-refractivity contribution is 5.23. The molecule has 0 saturated heterocycles. The van der Waals surface area contributed by atoms with Crippen LogP contribution in [-0.2, 0) is 4.74 Å². The predicted molar refractivity (Wildman–Crippen MR) is 66.0 cm³/mol. The van der Waals surface area contributed by atoms with E-state index < -0.39 is 23.5 Å². The van der Waals surface area contributed by atoms with Crippen molar-refractivity contribution in [3.05, 3.63) is 35.1 Å². The summed E-state index contributed by atoms with van der Waals surface area (Å²) in [6.07, 6.45) is 2.61. The molecular formula is C14H18F3NO. The molecule has 5 heteroatoms. The summed E-state index contributed by atoms with van der Waals surface area (Å²) in [5, 5.41) is 0. The average molecular weight is 273 g/mol. The van der Waals surface area contributed by atoms with Gasteiger partial charge in [0.25, 0.3) is 0 Å². The zero-order valence-corrected chi connectivity index (χ0v) is 10.8. The van der Waals surface area contributed by atoms with Gasteiger partial charge < -0.3 is 10.5 Å². The quantitative estimate of drug-likeness (QED) is 0.835. The number of hydrogen-bond acceptors (Lipinski definition) is 2. The third-order valence-electron chi connectivity index (χ3n) is 3.65. The van der Waals surface area contributed by atoms with E-state index in [-0.39, 0.29) is 11.7 Å². The Morgan fingerprint density at radius 2 is 1.95 bits per heavy atom. The number of hydrogen-bond donors (Lipinski definition) is 1. The topological polar surface area (TPSA) is 35.2 Å². The summed E-state index contributed by atoms with van der Waals surface area (Å²) >= 11 is 0. The molecule has 0 heterocycles. The molecule has 1 atom stereocenters. The zero-order chi connectivity index (χ0) is 14.0. The molecule has 2 nitrogen and oxygen atoms in total. The van der Waals surface area contributed by atoms with Crippen molar-refractivity contribution >= 4 is 0 Å². The second-order valence-corrected chi connectivity index (χ2v) is 5.02. The first kappa shape index (κ1) is 14.3. The van der Waals surface area contributed by atoms with Gasteiger partial charge in [0.15, 0.2) is 17.5 Å². The van der Waals surface area contributed by atoms with Crippen LogP contribution in [0.2, 0.25) is 0 Å². The van der Waals surface area contributed by atoms with Gasteiger partial charge in [-0.2, -0.15) is 0 Å². The molecule has 0 aliphatic heterocycles. The molecule has 19 heavy (non-hydrogen) atoms. The summed E-state index contributed by atoms with van der Waals surface area (Å²) in [6.45, 7) is 2.62. The standard InChI is InChI=1S/C14H18F3NO/c1-2-19-9-5-8(6-9)7-12(18)10-3-4-11(15)14(17)13(10)16/h3-4,8-9,12H,2,5-7,18H2,1H3. The molecule has 1 unspecified atom stereocenters. The van der Waals surface area contributed by atoms with Crippen LogP contribution < -0.4 is 5.73 Å². The summed E-state index contributed by atoms with van der Waals surface area (Å²) in [7, 11) is 0. The molecule has 1 aliphatic carbocycles. The average Bonchev–Trinajstić information content (AvgIpc) is 2.33. The van der Waals surface area contributed by atoms with Crippen molar-refractivity contribution in [2.75, 3.05) is 6.61 Å². The molecule has 1 aliphatic rings. The largest absolute Gasteiger partial charge is 0.378 e. The second kappa shape index (κ2) is 5.92. The minimum Gasteiger partial charge on any atom is -0.378 e. The highest BCUT2D eigenvalue weighted by Gasteiger charge is 2.31. The van der Waals surface area contributed by atoms with Crippen LogP contribution in [0.4, 0.5) is 13.2 Å². The fraction of sp³-hybridized carbons (Fsp3) is 0.571. The summed E-state index contributed by atoms with van der Waals surface area (Å²) < 4.78 is 44.9. The van der Waals surface area contributed by atoms with Gasteiger partial charge in [-0.1, -0.05) is 6.07 Å². The van der Waals surface area contributed by atoms with Gasteiger partial charge in [-0.25, -0.2) is 13.2 Å². The number of benzene rings is 1. The van der Waals surface area contributed by atoms with Crippen molar-refractivity contribution in [2.24, 2.45) is 11.7 Å². The molecule has 1 saturated carbocycles. The third-order valence-corrected chi connectivity index (χ3v) is 3.65. The van der Waals surface area contributed by atoms with Gasteiger partial charge in [0.05, 0.1) is 6.10 Å². The highest BCUT2D eigenvalue weighted by Crippen LogP contribution is 2.36. The Morgan fingerprint density at radius 1 is 1.26 bits per heavy atom. The lowest BCUT2D eigenvalue weighted by molar-refractivity contribution is -0.0282. The Bertz CT molecular complexity index is 447. The first-order chi connectivity index (χ1) is 9.02. The number of halogens is 3. The Hall–Kier alpha value is -1.07. The van der Waals surface area contributed by atoms with E-state index in [9.17, 15) is 13.2 Å². The van der Waals surface area contributed by atoms with Gasteiger partial charge in [-0.05, 0) is 38.2 Å². The van der Waals surface area contributed by atoms with Crippen molar-refractivity contribution in [3.8, 4) is 0 Å². The van der Waals surface area contributed by atoms with Crippen molar-refractivity contribution < 1.29 is 17.9 Å². The number of nitrogens with two attached hydrogens (primary N) is 1. The minimum atomic E-state index is -1.45. The third kappa shape index (κ3) is 3.09. The van der Waals surface area contributed by atoms with Gasteiger partial charge >= 0.3 is 0 Å². The maximum Gasteiger partial charge on any atom is 0.194 e.